The van der Waals surface area contributed by atoms with Crippen LogP contribution in [0.15, 0.2) is 24.3 Å². The van der Waals surface area contributed by atoms with Crippen LogP contribution in [0, 0.1) is 29.6 Å². The maximum Gasteiger partial charge on any atom is 0.143 e. The Bertz CT molecular complexity index is 851. The molecule has 4 atom stereocenters. The summed E-state index contributed by atoms with van der Waals surface area (Å²) in [5, 5.41) is 0. The van der Waals surface area contributed by atoms with Crippen LogP contribution in [-0.4, -0.2) is 25.0 Å². The second kappa shape index (κ2) is 12.8. The number of ketones is 2. The van der Waals surface area contributed by atoms with Gasteiger partial charge in [-0.05, 0) is 80.2 Å². The molecular weight excluding hydrogens is 436 g/mol. The Balaban J connectivity index is 1.19. The van der Waals surface area contributed by atoms with E-state index in [9.17, 15) is 14.4 Å². The summed E-state index contributed by atoms with van der Waals surface area (Å²) in [5.41, 5.74) is 1.25. The molecule has 0 saturated heterocycles. The average Bonchev–Trinajstić information content (AvgIpc) is 2.91. The largest absolute Gasteiger partial charge is 0.496 e. The molecule has 0 N–H and O–H groups in total. The fraction of sp³-hybridized carbons (Fsp3) is 0.710. The molecule has 3 aliphatic rings. The van der Waals surface area contributed by atoms with Gasteiger partial charge in [0.25, 0.3) is 0 Å². The van der Waals surface area contributed by atoms with Gasteiger partial charge in [0, 0.05) is 18.8 Å². The lowest BCUT2D eigenvalue weighted by Crippen LogP contribution is -2.33. The summed E-state index contributed by atoms with van der Waals surface area (Å²) < 4.78 is 5.53. The molecule has 0 aliphatic heterocycles. The maximum atomic E-state index is 12.9. The van der Waals surface area contributed by atoms with Gasteiger partial charge in [-0.15, -0.1) is 0 Å². The number of fused-ring (bicyclic) bond motifs is 1. The van der Waals surface area contributed by atoms with Gasteiger partial charge in [0.2, 0.25) is 0 Å². The summed E-state index contributed by atoms with van der Waals surface area (Å²) >= 11 is 0. The first-order valence-electron chi connectivity index (χ1n) is 14.2. The van der Waals surface area contributed by atoms with Crippen LogP contribution in [0.25, 0.3) is 0 Å². The molecule has 3 aliphatic carbocycles. The number of hydrogen-bond acceptors (Lipinski definition) is 4. The second-order valence-electron chi connectivity index (χ2n) is 11.5. The number of carbonyl (C=O) groups is 3. The fourth-order valence-electron chi connectivity index (χ4n) is 7.51. The van der Waals surface area contributed by atoms with Crippen LogP contribution in [0.1, 0.15) is 108 Å². The Kier molecular flexibility index (Phi) is 9.57. The van der Waals surface area contributed by atoms with Gasteiger partial charge in [-0.3, -0.25) is 9.59 Å². The minimum absolute atomic E-state index is 0.0608. The number of hydrogen-bond donors (Lipinski definition) is 0. The number of para-hydroxylation sites is 1. The average molecular weight is 481 g/mol. The predicted molar refractivity (Wildman–Crippen MR) is 139 cm³/mol. The third kappa shape index (κ3) is 6.62. The molecule has 4 heteroatoms. The van der Waals surface area contributed by atoms with E-state index >= 15 is 0 Å². The van der Waals surface area contributed by atoms with Crippen LogP contribution in [0.4, 0.5) is 0 Å². The summed E-state index contributed by atoms with van der Waals surface area (Å²) in [4.78, 5) is 37.5. The molecule has 4 rings (SSSR count). The first-order chi connectivity index (χ1) is 17.1. The van der Waals surface area contributed by atoms with E-state index in [0.717, 1.165) is 56.0 Å². The molecule has 0 radical (unpaired) electrons. The van der Waals surface area contributed by atoms with Crippen molar-refractivity contribution in [2.75, 3.05) is 7.11 Å². The Morgan fingerprint density at radius 1 is 0.943 bits per heavy atom. The smallest absolute Gasteiger partial charge is 0.143 e. The zero-order valence-electron chi connectivity index (χ0n) is 21.6. The summed E-state index contributed by atoms with van der Waals surface area (Å²) in [6.45, 7) is 0. The van der Waals surface area contributed by atoms with E-state index in [1.807, 2.05) is 12.1 Å². The lowest BCUT2D eigenvalue weighted by Gasteiger charge is -2.42. The van der Waals surface area contributed by atoms with Crippen LogP contribution in [-0.2, 0) is 14.4 Å². The lowest BCUT2D eigenvalue weighted by molar-refractivity contribution is -0.128. The van der Waals surface area contributed by atoms with Gasteiger partial charge in [-0.2, -0.15) is 0 Å². The normalized spacial score (nSPS) is 29.6. The third-order valence-electron chi connectivity index (χ3n) is 9.47. The van der Waals surface area contributed by atoms with Crippen molar-refractivity contribution in [3.8, 4) is 5.75 Å². The van der Waals surface area contributed by atoms with Crippen molar-refractivity contribution in [1.29, 1.82) is 0 Å². The highest BCUT2D eigenvalue weighted by molar-refractivity contribution is 5.93. The van der Waals surface area contributed by atoms with Gasteiger partial charge in [-0.25, -0.2) is 0 Å². The van der Waals surface area contributed by atoms with Crippen molar-refractivity contribution in [3.63, 3.8) is 0 Å². The van der Waals surface area contributed by atoms with Gasteiger partial charge in [0.05, 0.1) is 13.0 Å². The van der Waals surface area contributed by atoms with Crippen molar-refractivity contribution in [1.82, 2.24) is 0 Å². The highest BCUT2D eigenvalue weighted by atomic mass is 16.5. The van der Waals surface area contributed by atoms with Gasteiger partial charge in [-0.1, -0.05) is 56.7 Å². The fourth-order valence-corrected chi connectivity index (χ4v) is 7.51. The second-order valence-corrected chi connectivity index (χ2v) is 11.5. The Hall–Kier alpha value is -1.97. The van der Waals surface area contributed by atoms with Crippen LogP contribution < -0.4 is 4.74 Å². The number of methoxy groups -OCH3 is 1. The van der Waals surface area contributed by atoms with E-state index < -0.39 is 5.92 Å². The summed E-state index contributed by atoms with van der Waals surface area (Å²) in [7, 11) is 1.71. The predicted octanol–water partition coefficient (Wildman–Crippen LogP) is 7.09. The summed E-state index contributed by atoms with van der Waals surface area (Å²) in [6, 6.07) is 8.21. The van der Waals surface area contributed by atoms with Crippen molar-refractivity contribution in [2.24, 2.45) is 29.6 Å². The molecule has 0 spiro atoms. The molecule has 0 bridgehead atoms. The molecule has 0 heterocycles. The molecule has 0 amide bonds. The SMILES string of the molecule is COc1ccccc1C1CCC(C(=O)CCCC(=O)C(C=O)CC2CCCC3CCCCC32)CC1. The number of ether oxygens (including phenoxy) is 1. The highest BCUT2D eigenvalue weighted by Gasteiger charge is 2.37. The minimum atomic E-state index is -0.466. The molecule has 3 fully saturated rings. The van der Waals surface area contributed by atoms with Crippen molar-refractivity contribution < 1.29 is 19.1 Å². The van der Waals surface area contributed by atoms with Gasteiger partial charge < -0.3 is 9.53 Å². The van der Waals surface area contributed by atoms with E-state index in [1.54, 1.807) is 7.11 Å². The quantitative estimate of drug-likeness (QED) is 0.251. The van der Waals surface area contributed by atoms with Crippen LogP contribution in [0.3, 0.4) is 0 Å². The Labute approximate surface area is 211 Å². The van der Waals surface area contributed by atoms with Crippen LogP contribution >= 0.6 is 0 Å². The van der Waals surface area contributed by atoms with E-state index in [0.29, 0.717) is 36.9 Å². The first kappa shape index (κ1) is 26.1. The van der Waals surface area contributed by atoms with Crippen LogP contribution in [0.2, 0.25) is 0 Å². The number of Topliss-reactive ketones (excluding diaryl/α,β-unsaturated/α-hetero) is 2. The van der Waals surface area contributed by atoms with Gasteiger partial charge in [0.15, 0.2) is 0 Å². The highest BCUT2D eigenvalue weighted by Crippen LogP contribution is 2.46. The Morgan fingerprint density at radius 2 is 1.69 bits per heavy atom. The maximum absolute atomic E-state index is 12.9. The zero-order chi connectivity index (χ0) is 24.6. The number of rotatable bonds is 11. The number of benzene rings is 1. The number of aldehydes is 1. The zero-order valence-corrected chi connectivity index (χ0v) is 21.6. The molecule has 3 saturated carbocycles. The van der Waals surface area contributed by atoms with E-state index in [-0.39, 0.29) is 11.7 Å². The van der Waals surface area contributed by atoms with Crippen LogP contribution in [0.5, 0.6) is 5.75 Å². The topological polar surface area (TPSA) is 60.4 Å². The molecule has 192 valence electrons. The third-order valence-corrected chi connectivity index (χ3v) is 9.47. The van der Waals surface area contributed by atoms with E-state index in [2.05, 4.69) is 12.1 Å². The van der Waals surface area contributed by atoms with Gasteiger partial charge in [0.1, 0.15) is 23.6 Å². The monoisotopic (exact) mass is 480 g/mol. The summed E-state index contributed by atoms with van der Waals surface area (Å²) in [6.07, 6.45) is 15.9. The molecule has 4 unspecified atom stereocenters. The Morgan fingerprint density at radius 3 is 2.46 bits per heavy atom. The number of carbonyl (C=O) groups excluding carboxylic acids is 3. The van der Waals surface area contributed by atoms with Crippen molar-refractivity contribution in [2.45, 2.75) is 102 Å². The van der Waals surface area contributed by atoms with Crippen molar-refractivity contribution in [3.05, 3.63) is 29.8 Å². The molecular formula is C31H44O4. The van der Waals surface area contributed by atoms with E-state index in [1.165, 1.54) is 50.5 Å². The molecule has 35 heavy (non-hydrogen) atoms. The lowest BCUT2D eigenvalue weighted by atomic mass is 9.63. The van der Waals surface area contributed by atoms with Gasteiger partial charge >= 0.3 is 0 Å². The minimum Gasteiger partial charge on any atom is -0.496 e. The molecule has 4 nitrogen and oxygen atoms in total. The summed E-state index contributed by atoms with van der Waals surface area (Å²) in [5.74, 6) is 3.48. The standard InChI is InChI=1S/C31H44O4/c1-35-31-15-5-4-12-28(31)23-16-18-24(19-17-23)29(33)13-7-14-30(34)26(21-32)20-25-10-6-9-22-8-2-3-11-27(22)25/h4-5,12,15,21-27H,2-3,6-11,13-14,16-20H2,1H3. The van der Waals surface area contributed by atoms with E-state index in [4.69, 9.17) is 4.74 Å². The molecule has 1 aromatic carbocycles. The van der Waals surface area contributed by atoms with Crippen molar-refractivity contribution >= 4 is 17.9 Å². The molecule has 1 aromatic rings. The first-order valence-corrected chi connectivity index (χ1v) is 14.2. The molecule has 0 aromatic heterocycles.